The van der Waals surface area contributed by atoms with Gasteiger partial charge in [0.15, 0.2) is 0 Å². The van der Waals surface area contributed by atoms with Crippen LogP contribution in [0.2, 0.25) is 0 Å². The normalized spacial score (nSPS) is 9.96. The summed E-state index contributed by atoms with van der Waals surface area (Å²) in [6.45, 7) is 0. The van der Waals surface area contributed by atoms with E-state index < -0.39 is 0 Å². The summed E-state index contributed by atoms with van der Waals surface area (Å²) in [5.74, 6) is -0.367. The topological polar surface area (TPSA) is 73.1 Å². The zero-order valence-corrected chi connectivity index (χ0v) is 12.7. The van der Waals surface area contributed by atoms with Crippen LogP contribution in [0.25, 0.3) is 11.1 Å². The molecule has 1 amide bonds. The molecule has 24 heavy (non-hydrogen) atoms. The van der Waals surface area contributed by atoms with Crippen molar-refractivity contribution >= 4 is 11.6 Å². The molecule has 3 aromatic rings. The van der Waals surface area contributed by atoms with Crippen LogP contribution in [0.4, 0.5) is 5.69 Å². The van der Waals surface area contributed by atoms with Gasteiger partial charge >= 0.3 is 0 Å². The molecule has 0 saturated carbocycles. The highest BCUT2D eigenvalue weighted by Gasteiger charge is 2.11. The summed E-state index contributed by atoms with van der Waals surface area (Å²) in [7, 11) is 0. The minimum Gasteiger partial charge on any atom is -0.508 e. The SMILES string of the molecule is N#Cc1ccc(-c2ccccc2)cc1NC(=O)c1cccc(O)c1. The number of phenolic OH excluding ortho intramolecular Hbond substituents is 1. The summed E-state index contributed by atoms with van der Waals surface area (Å²) in [6.07, 6.45) is 0. The van der Waals surface area contributed by atoms with Gasteiger partial charge in [0.25, 0.3) is 5.91 Å². The number of carbonyl (C=O) groups excluding carboxylic acids is 1. The summed E-state index contributed by atoms with van der Waals surface area (Å²) in [6, 6.07) is 23.1. The van der Waals surface area contributed by atoms with Crippen LogP contribution in [0.3, 0.4) is 0 Å². The molecule has 0 aliphatic carbocycles. The number of rotatable bonds is 3. The van der Waals surface area contributed by atoms with E-state index in [1.54, 1.807) is 24.3 Å². The Kier molecular flexibility index (Phi) is 4.26. The Labute approximate surface area is 139 Å². The first-order valence-electron chi connectivity index (χ1n) is 7.37. The third-order valence-electron chi connectivity index (χ3n) is 3.60. The van der Waals surface area contributed by atoms with E-state index in [0.29, 0.717) is 16.8 Å². The minimum absolute atomic E-state index is 0.0150. The minimum atomic E-state index is -0.382. The summed E-state index contributed by atoms with van der Waals surface area (Å²) in [4.78, 5) is 12.4. The Hall–Kier alpha value is -3.58. The van der Waals surface area contributed by atoms with Gasteiger partial charge in [0.05, 0.1) is 11.3 Å². The molecule has 0 radical (unpaired) electrons. The first-order valence-corrected chi connectivity index (χ1v) is 7.37. The molecule has 116 valence electrons. The molecule has 0 unspecified atom stereocenters. The highest BCUT2D eigenvalue weighted by Crippen LogP contribution is 2.26. The van der Waals surface area contributed by atoms with Crippen molar-refractivity contribution in [1.29, 1.82) is 5.26 Å². The van der Waals surface area contributed by atoms with E-state index in [1.165, 1.54) is 12.1 Å². The van der Waals surface area contributed by atoms with Gasteiger partial charge in [-0.1, -0.05) is 42.5 Å². The Morgan fingerprint density at radius 3 is 2.42 bits per heavy atom. The lowest BCUT2D eigenvalue weighted by atomic mass is 10.0. The van der Waals surface area contributed by atoms with E-state index in [0.717, 1.165) is 11.1 Å². The molecule has 0 atom stereocenters. The lowest BCUT2D eigenvalue weighted by Gasteiger charge is -2.10. The van der Waals surface area contributed by atoms with Gasteiger partial charge in [0.2, 0.25) is 0 Å². The molecular formula is C20H14N2O2. The van der Waals surface area contributed by atoms with Crippen LogP contribution in [0.15, 0.2) is 72.8 Å². The number of amides is 1. The highest BCUT2D eigenvalue weighted by atomic mass is 16.3. The number of nitriles is 1. The maximum Gasteiger partial charge on any atom is 0.255 e. The van der Waals surface area contributed by atoms with E-state index in [4.69, 9.17) is 0 Å². The first-order chi connectivity index (χ1) is 11.7. The van der Waals surface area contributed by atoms with Gasteiger partial charge in [-0.25, -0.2) is 0 Å². The smallest absolute Gasteiger partial charge is 0.255 e. The average molecular weight is 314 g/mol. The Morgan fingerprint density at radius 2 is 1.71 bits per heavy atom. The molecule has 4 nitrogen and oxygen atoms in total. The number of nitrogens with one attached hydrogen (secondary N) is 1. The van der Waals surface area contributed by atoms with E-state index >= 15 is 0 Å². The lowest BCUT2D eigenvalue weighted by Crippen LogP contribution is -2.12. The number of hydrogen-bond acceptors (Lipinski definition) is 3. The number of hydrogen-bond donors (Lipinski definition) is 2. The second-order valence-corrected chi connectivity index (χ2v) is 5.24. The van der Waals surface area contributed by atoms with Crippen LogP contribution >= 0.6 is 0 Å². The van der Waals surface area contributed by atoms with Gasteiger partial charge in [-0.05, 0) is 41.5 Å². The molecule has 0 aliphatic heterocycles. The number of phenols is 1. The van der Waals surface area contributed by atoms with E-state index in [2.05, 4.69) is 11.4 Å². The van der Waals surface area contributed by atoms with Crippen molar-refractivity contribution in [2.45, 2.75) is 0 Å². The monoisotopic (exact) mass is 314 g/mol. The zero-order chi connectivity index (χ0) is 16.9. The number of benzene rings is 3. The number of aromatic hydroxyl groups is 1. The van der Waals surface area contributed by atoms with Gasteiger partial charge in [0.1, 0.15) is 11.8 Å². The maximum atomic E-state index is 12.4. The molecule has 3 aromatic carbocycles. The first kappa shape index (κ1) is 15.3. The quantitative estimate of drug-likeness (QED) is 0.761. The molecule has 0 spiro atoms. The van der Waals surface area contributed by atoms with Crippen LogP contribution in [-0.2, 0) is 0 Å². The third kappa shape index (κ3) is 3.26. The summed E-state index contributed by atoms with van der Waals surface area (Å²) < 4.78 is 0. The van der Waals surface area contributed by atoms with E-state index in [-0.39, 0.29) is 11.7 Å². The van der Waals surface area contributed by atoms with Crippen molar-refractivity contribution < 1.29 is 9.90 Å². The third-order valence-corrected chi connectivity index (χ3v) is 3.60. The van der Waals surface area contributed by atoms with E-state index in [9.17, 15) is 15.2 Å². The summed E-state index contributed by atoms with van der Waals surface area (Å²) in [5, 5.41) is 21.5. The van der Waals surface area contributed by atoms with Crippen molar-refractivity contribution in [3.8, 4) is 22.9 Å². The van der Waals surface area contributed by atoms with Crippen LogP contribution in [0.1, 0.15) is 15.9 Å². The number of nitrogens with zero attached hydrogens (tertiary/aromatic N) is 1. The maximum absolute atomic E-state index is 12.4. The van der Waals surface area contributed by atoms with Gasteiger partial charge in [-0.2, -0.15) is 5.26 Å². The van der Waals surface area contributed by atoms with Crippen LogP contribution in [0.5, 0.6) is 5.75 Å². The highest BCUT2D eigenvalue weighted by molar-refractivity contribution is 6.05. The molecule has 0 saturated heterocycles. The Bertz CT molecular complexity index is 928. The predicted molar refractivity (Wildman–Crippen MR) is 92.7 cm³/mol. The Morgan fingerprint density at radius 1 is 0.917 bits per heavy atom. The van der Waals surface area contributed by atoms with Crippen molar-refractivity contribution in [2.24, 2.45) is 0 Å². The molecule has 0 fully saturated rings. The summed E-state index contributed by atoms with van der Waals surface area (Å²) in [5.41, 5.74) is 3.04. The fraction of sp³-hybridized carbons (Fsp3) is 0. The molecule has 2 N–H and O–H groups in total. The molecule has 0 aromatic heterocycles. The van der Waals surface area contributed by atoms with Gasteiger partial charge in [-0.3, -0.25) is 4.79 Å². The molecule has 4 heteroatoms. The van der Waals surface area contributed by atoms with Crippen LogP contribution < -0.4 is 5.32 Å². The Balaban J connectivity index is 1.95. The van der Waals surface area contributed by atoms with Gasteiger partial charge in [0, 0.05) is 5.56 Å². The van der Waals surface area contributed by atoms with Gasteiger partial charge in [-0.15, -0.1) is 0 Å². The summed E-state index contributed by atoms with van der Waals surface area (Å²) >= 11 is 0. The molecule has 3 rings (SSSR count). The largest absolute Gasteiger partial charge is 0.508 e. The van der Waals surface area contributed by atoms with Gasteiger partial charge < -0.3 is 10.4 Å². The molecule has 0 heterocycles. The average Bonchev–Trinajstić information content (AvgIpc) is 2.62. The van der Waals surface area contributed by atoms with Crippen molar-refractivity contribution in [3.63, 3.8) is 0 Å². The van der Waals surface area contributed by atoms with Crippen molar-refractivity contribution in [3.05, 3.63) is 83.9 Å². The molecular weight excluding hydrogens is 300 g/mol. The fourth-order valence-corrected chi connectivity index (χ4v) is 2.40. The number of anilines is 1. The number of carbonyl (C=O) groups is 1. The molecule has 0 aliphatic rings. The van der Waals surface area contributed by atoms with Crippen LogP contribution in [-0.4, -0.2) is 11.0 Å². The zero-order valence-electron chi connectivity index (χ0n) is 12.7. The fourth-order valence-electron chi connectivity index (χ4n) is 2.40. The van der Waals surface area contributed by atoms with Crippen LogP contribution in [0, 0.1) is 11.3 Å². The second-order valence-electron chi connectivity index (χ2n) is 5.24. The van der Waals surface area contributed by atoms with Crippen molar-refractivity contribution in [2.75, 3.05) is 5.32 Å². The second kappa shape index (κ2) is 6.67. The predicted octanol–water partition coefficient (Wildman–Crippen LogP) is 4.18. The van der Waals surface area contributed by atoms with Crippen molar-refractivity contribution in [1.82, 2.24) is 0 Å². The standard InChI is InChI=1S/C20H14N2O2/c21-13-17-10-9-15(14-5-2-1-3-6-14)12-19(17)22-20(24)16-7-4-8-18(23)11-16/h1-12,23H,(H,22,24). The van der Waals surface area contributed by atoms with E-state index in [1.807, 2.05) is 36.4 Å². The lowest BCUT2D eigenvalue weighted by molar-refractivity contribution is 0.102. The molecule has 0 bridgehead atoms.